The lowest BCUT2D eigenvalue weighted by atomic mass is 9.52. The van der Waals surface area contributed by atoms with Crippen LogP contribution in [0.15, 0.2) is 0 Å². The van der Waals surface area contributed by atoms with Crippen molar-refractivity contribution in [3.05, 3.63) is 17.2 Å². The molecule has 0 saturated heterocycles. The van der Waals surface area contributed by atoms with E-state index in [2.05, 4.69) is 10.3 Å². The zero-order chi connectivity index (χ0) is 12.4. The second kappa shape index (κ2) is 3.85. The highest BCUT2D eigenvalue weighted by Gasteiger charge is 2.49. The molecule has 1 aromatic rings. The van der Waals surface area contributed by atoms with E-state index in [4.69, 9.17) is 4.98 Å². The van der Waals surface area contributed by atoms with Crippen LogP contribution in [-0.2, 0) is 13.0 Å². The monoisotopic (exact) mass is 257 g/mol. The zero-order valence-corrected chi connectivity index (χ0v) is 11.5. The highest BCUT2D eigenvalue weighted by molar-refractivity contribution is 5.22. The van der Waals surface area contributed by atoms with Crippen LogP contribution in [0.2, 0.25) is 0 Å². The Bertz CT molecular complexity index is 453. The first-order chi connectivity index (χ1) is 9.37. The molecule has 3 nitrogen and oxygen atoms in total. The van der Waals surface area contributed by atoms with Crippen molar-refractivity contribution < 1.29 is 0 Å². The summed E-state index contributed by atoms with van der Waals surface area (Å²) in [5, 5.41) is 3.45. The van der Waals surface area contributed by atoms with Crippen LogP contribution in [-0.4, -0.2) is 16.5 Å². The van der Waals surface area contributed by atoms with Gasteiger partial charge < -0.3 is 10.3 Å². The Morgan fingerprint density at radius 1 is 0.947 bits per heavy atom. The molecular weight excluding hydrogens is 234 g/mol. The van der Waals surface area contributed by atoms with Crippen LogP contribution in [0.4, 0.5) is 0 Å². The summed E-state index contributed by atoms with van der Waals surface area (Å²) in [7, 11) is 0. The second-order valence-electron chi connectivity index (χ2n) is 7.43. The third-order valence-corrected chi connectivity index (χ3v) is 6.27. The molecule has 2 N–H and O–H groups in total. The molecule has 19 heavy (non-hydrogen) atoms. The Kier molecular flexibility index (Phi) is 2.21. The van der Waals surface area contributed by atoms with E-state index in [1.54, 1.807) is 0 Å². The van der Waals surface area contributed by atoms with Crippen molar-refractivity contribution in [3.8, 4) is 0 Å². The average Bonchev–Trinajstić information content (AvgIpc) is 2.80. The van der Waals surface area contributed by atoms with Gasteiger partial charge in [-0.05, 0) is 55.8 Å². The van der Waals surface area contributed by atoms with E-state index < -0.39 is 0 Å². The van der Waals surface area contributed by atoms with Gasteiger partial charge >= 0.3 is 0 Å². The van der Waals surface area contributed by atoms with Gasteiger partial charge in [0.1, 0.15) is 5.82 Å². The minimum absolute atomic E-state index is 0.762. The number of aromatic amines is 1. The fourth-order valence-electron chi connectivity index (χ4n) is 5.77. The standard InChI is InChI=1S/C16H23N3/c1-2-17-8-14-13(1)18-16(19-14)15-11-4-9-3-10(6-11)7-12(15)5-9/h9-12,15,17H,1-8H2,(H,18,19). The summed E-state index contributed by atoms with van der Waals surface area (Å²) in [6.07, 6.45) is 8.60. The molecule has 0 aromatic carbocycles. The first-order valence-electron chi connectivity index (χ1n) is 8.15. The summed E-state index contributed by atoms with van der Waals surface area (Å²) in [6, 6.07) is 0. The van der Waals surface area contributed by atoms with Crippen LogP contribution in [0.3, 0.4) is 0 Å². The van der Waals surface area contributed by atoms with Crippen molar-refractivity contribution in [2.24, 2.45) is 23.7 Å². The van der Waals surface area contributed by atoms with E-state index in [0.717, 1.165) is 49.1 Å². The summed E-state index contributed by atoms with van der Waals surface area (Å²) in [5.41, 5.74) is 2.72. The van der Waals surface area contributed by atoms with Gasteiger partial charge in [0.2, 0.25) is 0 Å². The van der Waals surface area contributed by atoms with Gasteiger partial charge in [-0.1, -0.05) is 0 Å². The van der Waals surface area contributed by atoms with Gasteiger partial charge in [-0.2, -0.15) is 0 Å². The highest BCUT2D eigenvalue weighted by Crippen LogP contribution is 2.59. The van der Waals surface area contributed by atoms with Crippen LogP contribution < -0.4 is 5.32 Å². The second-order valence-corrected chi connectivity index (χ2v) is 7.43. The lowest BCUT2D eigenvalue weighted by molar-refractivity contribution is -0.00543. The fraction of sp³-hybridized carbons (Fsp3) is 0.812. The predicted octanol–water partition coefficient (Wildman–Crippen LogP) is 2.60. The molecule has 0 radical (unpaired) electrons. The maximum Gasteiger partial charge on any atom is 0.110 e. The van der Waals surface area contributed by atoms with E-state index in [-0.39, 0.29) is 0 Å². The highest BCUT2D eigenvalue weighted by atomic mass is 15.0. The first-order valence-corrected chi connectivity index (χ1v) is 8.15. The molecule has 4 saturated carbocycles. The van der Waals surface area contributed by atoms with Gasteiger partial charge in [-0.3, -0.25) is 0 Å². The topological polar surface area (TPSA) is 40.7 Å². The van der Waals surface area contributed by atoms with E-state index in [9.17, 15) is 0 Å². The van der Waals surface area contributed by atoms with E-state index in [0.29, 0.717) is 0 Å². The quantitative estimate of drug-likeness (QED) is 0.812. The minimum atomic E-state index is 0.762. The molecule has 1 aliphatic heterocycles. The Hall–Kier alpha value is -0.830. The molecule has 0 unspecified atom stereocenters. The Balaban J connectivity index is 1.50. The summed E-state index contributed by atoms with van der Waals surface area (Å²) in [6.45, 7) is 2.09. The van der Waals surface area contributed by atoms with Gasteiger partial charge in [0.15, 0.2) is 0 Å². The number of hydrogen-bond acceptors (Lipinski definition) is 2. The first kappa shape index (κ1) is 10.9. The summed E-state index contributed by atoms with van der Waals surface area (Å²) >= 11 is 0. The van der Waals surface area contributed by atoms with E-state index in [1.165, 1.54) is 49.3 Å². The molecule has 0 spiro atoms. The number of fused-ring (bicyclic) bond motifs is 1. The SMILES string of the molecule is C1Cc2nc(C3C4CC5CC(C4)CC3C5)[nH]c2CN1. The minimum Gasteiger partial charge on any atom is -0.344 e. The molecule has 5 aliphatic rings. The molecule has 2 heterocycles. The number of aromatic nitrogens is 2. The van der Waals surface area contributed by atoms with Crippen LogP contribution in [0.5, 0.6) is 0 Å². The third-order valence-electron chi connectivity index (χ3n) is 6.27. The van der Waals surface area contributed by atoms with Gasteiger partial charge in [0.05, 0.1) is 11.4 Å². The number of imidazole rings is 1. The normalized spacial score (nSPS) is 43.5. The fourth-order valence-corrected chi connectivity index (χ4v) is 5.77. The van der Waals surface area contributed by atoms with Gasteiger partial charge in [-0.25, -0.2) is 4.98 Å². The Labute approximate surface area is 114 Å². The van der Waals surface area contributed by atoms with Crippen molar-refractivity contribution in [1.82, 2.24) is 15.3 Å². The molecule has 4 fully saturated rings. The number of nitrogens with one attached hydrogen (secondary N) is 2. The lowest BCUT2D eigenvalue weighted by Crippen LogP contribution is -2.44. The molecule has 1 aromatic heterocycles. The molecule has 0 amide bonds. The number of hydrogen-bond donors (Lipinski definition) is 2. The van der Waals surface area contributed by atoms with Crippen LogP contribution >= 0.6 is 0 Å². The lowest BCUT2D eigenvalue weighted by Gasteiger charge is -2.53. The Morgan fingerprint density at radius 2 is 1.68 bits per heavy atom. The summed E-state index contributed by atoms with van der Waals surface area (Å²) < 4.78 is 0. The predicted molar refractivity (Wildman–Crippen MR) is 73.8 cm³/mol. The largest absolute Gasteiger partial charge is 0.344 e. The molecular formula is C16H23N3. The van der Waals surface area contributed by atoms with Crippen LogP contribution in [0.1, 0.15) is 55.2 Å². The van der Waals surface area contributed by atoms with Crippen LogP contribution in [0.25, 0.3) is 0 Å². The molecule has 3 heteroatoms. The van der Waals surface area contributed by atoms with Crippen molar-refractivity contribution in [3.63, 3.8) is 0 Å². The number of H-pyrrole nitrogens is 1. The number of rotatable bonds is 1. The van der Waals surface area contributed by atoms with E-state index in [1.807, 2.05) is 0 Å². The van der Waals surface area contributed by atoms with Crippen molar-refractivity contribution in [2.75, 3.05) is 6.54 Å². The smallest absolute Gasteiger partial charge is 0.110 e. The van der Waals surface area contributed by atoms with Gasteiger partial charge in [-0.15, -0.1) is 0 Å². The zero-order valence-electron chi connectivity index (χ0n) is 11.5. The summed E-state index contributed by atoms with van der Waals surface area (Å²) in [5.74, 6) is 6.12. The van der Waals surface area contributed by atoms with Crippen molar-refractivity contribution in [1.29, 1.82) is 0 Å². The van der Waals surface area contributed by atoms with Gasteiger partial charge in [0.25, 0.3) is 0 Å². The molecule has 102 valence electrons. The summed E-state index contributed by atoms with van der Waals surface area (Å²) in [4.78, 5) is 8.69. The third kappa shape index (κ3) is 1.57. The van der Waals surface area contributed by atoms with Crippen LogP contribution in [0, 0.1) is 23.7 Å². The molecule has 4 aliphatic carbocycles. The molecule has 4 bridgehead atoms. The van der Waals surface area contributed by atoms with E-state index >= 15 is 0 Å². The van der Waals surface area contributed by atoms with Crippen molar-refractivity contribution >= 4 is 0 Å². The maximum absolute atomic E-state index is 5.00. The molecule has 6 rings (SSSR count). The van der Waals surface area contributed by atoms with Crippen molar-refractivity contribution in [2.45, 2.75) is 51.0 Å². The van der Waals surface area contributed by atoms with Gasteiger partial charge in [0, 0.05) is 25.4 Å². The average molecular weight is 257 g/mol. The number of nitrogens with zero attached hydrogens (tertiary/aromatic N) is 1. The Morgan fingerprint density at radius 3 is 2.37 bits per heavy atom. The molecule has 0 atom stereocenters. The maximum atomic E-state index is 5.00.